The van der Waals surface area contributed by atoms with Gasteiger partial charge in [-0.05, 0) is 6.42 Å². The molecule has 94 valence electrons. The zero-order valence-corrected chi connectivity index (χ0v) is 9.39. The summed E-state index contributed by atoms with van der Waals surface area (Å²) in [5.74, 6) is -7.83. The molecule has 0 aromatic carbocycles. The highest BCUT2D eigenvalue weighted by atomic mass is 16.4. The highest BCUT2D eigenvalue weighted by Crippen LogP contribution is 2.42. The normalized spacial score (nSPS) is 33.1. The maximum atomic E-state index is 11.5. The third-order valence-corrected chi connectivity index (χ3v) is 3.35. The minimum Gasteiger partial charge on any atom is -0.481 e. The van der Waals surface area contributed by atoms with Crippen LogP contribution in [0.15, 0.2) is 0 Å². The van der Waals surface area contributed by atoms with Crippen LogP contribution in [0.25, 0.3) is 0 Å². The first-order valence-corrected chi connectivity index (χ1v) is 5.06. The van der Waals surface area contributed by atoms with Crippen LogP contribution < -0.4 is 5.32 Å². The van der Waals surface area contributed by atoms with Crippen molar-refractivity contribution in [2.75, 3.05) is 0 Å². The number of hydrogen-bond donors (Lipinski definition) is 3. The van der Waals surface area contributed by atoms with Gasteiger partial charge in [-0.1, -0.05) is 13.8 Å². The molecule has 1 aliphatic heterocycles. The van der Waals surface area contributed by atoms with Crippen molar-refractivity contribution in [1.82, 2.24) is 5.32 Å². The van der Waals surface area contributed by atoms with Gasteiger partial charge in [0.2, 0.25) is 11.8 Å². The lowest BCUT2D eigenvalue weighted by Crippen LogP contribution is -2.61. The van der Waals surface area contributed by atoms with Crippen molar-refractivity contribution in [3.8, 4) is 0 Å². The zero-order chi connectivity index (χ0) is 13.4. The summed E-state index contributed by atoms with van der Waals surface area (Å²) >= 11 is 0. The SMILES string of the molecule is CCC1(C)C(C(=O)O)C(=O)NC(=O)C1C(=O)O. The van der Waals surface area contributed by atoms with Crippen LogP contribution in [0, 0.1) is 17.3 Å². The third kappa shape index (κ3) is 1.88. The van der Waals surface area contributed by atoms with Crippen molar-refractivity contribution in [2.45, 2.75) is 20.3 Å². The monoisotopic (exact) mass is 243 g/mol. The number of carboxylic acid groups (broad SMARTS) is 2. The van der Waals surface area contributed by atoms with E-state index in [1.165, 1.54) is 6.92 Å². The smallest absolute Gasteiger partial charge is 0.316 e. The van der Waals surface area contributed by atoms with Crippen molar-refractivity contribution in [1.29, 1.82) is 0 Å². The summed E-state index contributed by atoms with van der Waals surface area (Å²) in [7, 11) is 0. The number of aliphatic carboxylic acids is 2. The van der Waals surface area contributed by atoms with Crippen LogP contribution in [0.1, 0.15) is 20.3 Å². The number of hydrogen-bond acceptors (Lipinski definition) is 4. The number of imide groups is 1. The highest BCUT2D eigenvalue weighted by Gasteiger charge is 2.57. The van der Waals surface area contributed by atoms with E-state index in [0.29, 0.717) is 0 Å². The van der Waals surface area contributed by atoms with Gasteiger partial charge in [-0.25, -0.2) is 0 Å². The summed E-state index contributed by atoms with van der Waals surface area (Å²) in [6.07, 6.45) is 0.0973. The van der Waals surface area contributed by atoms with Gasteiger partial charge in [0.1, 0.15) is 11.8 Å². The largest absolute Gasteiger partial charge is 0.481 e. The Morgan fingerprint density at radius 1 is 1.18 bits per heavy atom. The fraction of sp³-hybridized carbons (Fsp3) is 0.600. The van der Waals surface area contributed by atoms with Gasteiger partial charge in [-0.2, -0.15) is 0 Å². The Kier molecular flexibility index (Phi) is 3.21. The molecule has 7 heteroatoms. The van der Waals surface area contributed by atoms with Crippen LogP contribution >= 0.6 is 0 Å². The number of carboxylic acids is 2. The Hall–Kier alpha value is -1.92. The Bertz CT molecular complexity index is 370. The van der Waals surface area contributed by atoms with Crippen molar-refractivity contribution in [3.63, 3.8) is 0 Å². The number of piperidine rings is 1. The topological polar surface area (TPSA) is 121 Å². The molecule has 3 N–H and O–H groups in total. The van der Waals surface area contributed by atoms with Gasteiger partial charge < -0.3 is 10.2 Å². The number of rotatable bonds is 3. The third-order valence-electron chi connectivity index (χ3n) is 3.35. The molecular formula is C10H13NO6. The van der Waals surface area contributed by atoms with E-state index in [2.05, 4.69) is 0 Å². The highest BCUT2D eigenvalue weighted by molar-refractivity contribution is 6.13. The van der Waals surface area contributed by atoms with Gasteiger partial charge >= 0.3 is 11.9 Å². The number of carbonyl (C=O) groups is 4. The van der Waals surface area contributed by atoms with Crippen LogP contribution in [0.4, 0.5) is 0 Å². The Balaban J connectivity index is 3.33. The van der Waals surface area contributed by atoms with Gasteiger partial charge in [-0.3, -0.25) is 24.5 Å². The number of carbonyl (C=O) groups excluding carboxylic acids is 2. The second kappa shape index (κ2) is 4.15. The molecule has 2 amide bonds. The minimum absolute atomic E-state index is 0.0973. The van der Waals surface area contributed by atoms with Crippen molar-refractivity contribution < 1.29 is 29.4 Å². The predicted octanol–water partition coefficient (Wildman–Crippen LogP) is -0.539. The first-order valence-electron chi connectivity index (χ1n) is 5.06. The van der Waals surface area contributed by atoms with E-state index in [9.17, 15) is 19.2 Å². The second-order valence-corrected chi connectivity index (χ2v) is 4.26. The van der Waals surface area contributed by atoms with E-state index in [-0.39, 0.29) is 6.42 Å². The lowest BCUT2D eigenvalue weighted by Gasteiger charge is -2.40. The molecule has 1 saturated heterocycles. The Labute approximate surface area is 96.8 Å². The molecule has 0 aliphatic carbocycles. The van der Waals surface area contributed by atoms with E-state index >= 15 is 0 Å². The molecule has 0 bridgehead atoms. The van der Waals surface area contributed by atoms with Crippen molar-refractivity contribution in [2.24, 2.45) is 17.3 Å². The number of amides is 2. The van der Waals surface area contributed by atoms with Crippen LogP contribution in [0.2, 0.25) is 0 Å². The molecule has 1 rings (SSSR count). The number of nitrogens with one attached hydrogen (secondary N) is 1. The van der Waals surface area contributed by atoms with E-state index in [1.807, 2.05) is 0 Å². The molecule has 0 aromatic rings. The molecule has 0 aromatic heterocycles. The van der Waals surface area contributed by atoms with Gasteiger partial charge in [0.05, 0.1) is 0 Å². The average Bonchev–Trinajstić information content (AvgIpc) is 2.14. The fourth-order valence-corrected chi connectivity index (χ4v) is 2.23. The van der Waals surface area contributed by atoms with Crippen molar-refractivity contribution in [3.05, 3.63) is 0 Å². The lowest BCUT2D eigenvalue weighted by atomic mass is 9.63. The fourth-order valence-electron chi connectivity index (χ4n) is 2.23. The molecule has 17 heavy (non-hydrogen) atoms. The summed E-state index contributed by atoms with van der Waals surface area (Å²) in [6.45, 7) is 2.89. The van der Waals surface area contributed by atoms with Gasteiger partial charge in [-0.15, -0.1) is 0 Å². The standard InChI is InChI=1S/C10H13NO6/c1-3-10(2)4(8(14)15)6(12)11-7(13)5(10)9(16)17/h4-5H,3H2,1-2H3,(H,14,15)(H,16,17)(H,11,12,13). The van der Waals surface area contributed by atoms with E-state index in [0.717, 1.165) is 0 Å². The van der Waals surface area contributed by atoms with Gasteiger partial charge in [0, 0.05) is 5.41 Å². The summed E-state index contributed by atoms with van der Waals surface area (Å²) in [6, 6.07) is 0. The van der Waals surface area contributed by atoms with Crippen LogP contribution in [-0.4, -0.2) is 34.0 Å². The summed E-state index contributed by atoms with van der Waals surface area (Å²) < 4.78 is 0. The summed E-state index contributed by atoms with van der Waals surface area (Å²) in [5.41, 5.74) is -1.42. The first-order chi connectivity index (χ1) is 7.75. The molecule has 2 unspecified atom stereocenters. The van der Waals surface area contributed by atoms with E-state index < -0.39 is 41.0 Å². The van der Waals surface area contributed by atoms with E-state index in [1.54, 1.807) is 12.2 Å². The molecule has 7 nitrogen and oxygen atoms in total. The van der Waals surface area contributed by atoms with Crippen LogP contribution in [-0.2, 0) is 19.2 Å². The molecule has 1 fully saturated rings. The minimum atomic E-state index is -1.54. The quantitative estimate of drug-likeness (QED) is 0.452. The lowest BCUT2D eigenvalue weighted by molar-refractivity contribution is -0.169. The maximum Gasteiger partial charge on any atom is 0.316 e. The second-order valence-electron chi connectivity index (χ2n) is 4.26. The van der Waals surface area contributed by atoms with Crippen LogP contribution in [0.5, 0.6) is 0 Å². The van der Waals surface area contributed by atoms with Crippen molar-refractivity contribution >= 4 is 23.8 Å². The molecular weight excluding hydrogens is 230 g/mol. The first kappa shape index (κ1) is 13.1. The molecule has 0 radical (unpaired) electrons. The predicted molar refractivity (Wildman–Crippen MR) is 53.8 cm³/mol. The van der Waals surface area contributed by atoms with Crippen LogP contribution in [0.3, 0.4) is 0 Å². The molecule has 0 saturated carbocycles. The Morgan fingerprint density at radius 2 is 1.53 bits per heavy atom. The molecule has 1 aliphatic rings. The maximum absolute atomic E-state index is 11.5. The summed E-state index contributed by atoms with van der Waals surface area (Å²) in [4.78, 5) is 45.1. The summed E-state index contributed by atoms with van der Waals surface area (Å²) in [5, 5.41) is 19.8. The van der Waals surface area contributed by atoms with E-state index in [4.69, 9.17) is 10.2 Å². The average molecular weight is 243 g/mol. The van der Waals surface area contributed by atoms with Gasteiger partial charge in [0.15, 0.2) is 0 Å². The zero-order valence-electron chi connectivity index (χ0n) is 9.39. The molecule has 0 spiro atoms. The molecule has 1 heterocycles. The Morgan fingerprint density at radius 3 is 1.76 bits per heavy atom. The molecule has 2 atom stereocenters. The van der Waals surface area contributed by atoms with Gasteiger partial charge in [0.25, 0.3) is 0 Å².